The van der Waals surface area contributed by atoms with Gasteiger partial charge in [-0.05, 0) is 41.0 Å². The summed E-state index contributed by atoms with van der Waals surface area (Å²) in [6.07, 6.45) is 2.98. The van der Waals surface area contributed by atoms with Gasteiger partial charge < -0.3 is 4.74 Å². The molecule has 21 heavy (non-hydrogen) atoms. The Hall–Kier alpha value is -2.68. The Morgan fingerprint density at radius 1 is 1.19 bits per heavy atom. The first-order valence-electron chi connectivity index (χ1n) is 6.86. The molecule has 0 spiro atoms. The molecular weight excluding hydrogens is 262 g/mol. The van der Waals surface area contributed by atoms with E-state index in [4.69, 9.17) is 9.73 Å². The lowest BCUT2D eigenvalue weighted by Crippen LogP contribution is -2.09. The number of carbonyl (C=O) groups excluding carboxylic acids is 1. The van der Waals surface area contributed by atoms with Gasteiger partial charge in [-0.15, -0.1) is 0 Å². The third-order valence-electron chi connectivity index (χ3n) is 3.96. The minimum atomic E-state index is -0.309. The van der Waals surface area contributed by atoms with E-state index in [2.05, 4.69) is 18.2 Å². The summed E-state index contributed by atoms with van der Waals surface area (Å²) in [7, 11) is 1.40. The molecule has 1 aliphatic heterocycles. The van der Waals surface area contributed by atoms with E-state index in [0.29, 0.717) is 5.56 Å². The van der Waals surface area contributed by atoms with Crippen LogP contribution in [-0.2, 0) is 11.2 Å². The first-order valence-corrected chi connectivity index (χ1v) is 6.86. The van der Waals surface area contributed by atoms with Crippen LogP contribution in [0.3, 0.4) is 0 Å². The van der Waals surface area contributed by atoms with Crippen LogP contribution in [0.4, 0.5) is 5.69 Å². The van der Waals surface area contributed by atoms with Gasteiger partial charge in [0.05, 0.1) is 24.1 Å². The van der Waals surface area contributed by atoms with Gasteiger partial charge in [0.15, 0.2) is 0 Å². The molecule has 0 saturated heterocycles. The van der Waals surface area contributed by atoms with E-state index < -0.39 is 0 Å². The number of hydrogen-bond acceptors (Lipinski definition) is 3. The molecule has 0 atom stereocenters. The zero-order chi connectivity index (χ0) is 14.4. The van der Waals surface area contributed by atoms with Crippen molar-refractivity contribution in [2.45, 2.75) is 6.42 Å². The van der Waals surface area contributed by atoms with E-state index in [1.807, 2.05) is 24.3 Å². The third-order valence-corrected chi connectivity index (χ3v) is 3.96. The van der Waals surface area contributed by atoms with Crippen molar-refractivity contribution in [3.8, 4) is 0 Å². The molecule has 3 nitrogen and oxygen atoms in total. The smallest absolute Gasteiger partial charge is 0.337 e. The molecule has 0 bridgehead atoms. The fourth-order valence-electron chi connectivity index (χ4n) is 2.94. The van der Waals surface area contributed by atoms with Crippen LogP contribution in [0.25, 0.3) is 6.08 Å². The number of rotatable bonds is 1. The number of carbonyl (C=O) groups is 1. The Bertz CT molecular complexity index is 831. The molecule has 4 rings (SSSR count). The fourth-order valence-corrected chi connectivity index (χ4v) is 2.94. The second kappa shape index (κ2) is 4.42. The van der Waals surface area contributed by atoms with Crippen LogP contribution in [0, 0.1) is 0 Å². The molecular formula is C18H13NO2. The maximum absolute atomic E-state index is 11.6. The minimum absolute atomic E-state index is 0.309. The summed E-state index contributed by atoms with van der Waals surface area (Å²) < 4.78 is 4.78. The van der Waals surface area contributed by atoms with Crippen LogP contribution in [0.2, 0.25) is 0 Å². The summed E-state index contributed by atoms with van der Waals surface area (Å²) in [5.74, 6) is -0.309. The normalized spacial score (nSPS) is 14.5. The van der Waals surface area contributed by atoms with Crippen molar-refractivity contribution in [2.24, 2.45) is 4.99 Å². The Morgan fingerprint density at radius 3 is 2.90 bits per heavy atom. The largest absolute Gasteiger partial charge is 0.465 e. The van der Waals surface area contributed by atoms with Crippen LogP contribution in [0.5, 0.6) is 0 Å². The summed E-state index contributed by atoms with van der Waals surface area (Å²) in [5, 5.41) is 0. The Kier molecular flexibility index (Phi) is 2.54. The standard InChI is InChI=1S/C18H13NO2/c1-21-18(20)12-6-7-16-13(9-12)10-14-8-11-4-2-3-5-15(11)17(14)19-16/h2-9H,10H2,1H3. The summed E-state index contributed by atoms with van der Waals surface area (Å²) >= 11 is 0. The second-order valence-corrected chi connectivity index (χ2v) is 5.23. The zero-order valence-electron chi connectivity index (χ0n) is 11.6. The number of fused-ring (bicyclic) bond motifs is 4. The fraction of sp³-hybridized carbons (Fsp3) is 0.111. The molecule has 0 radical (unpaired) electrons. The number of hydrogen-bond donors (Lipinski definition) is 0. The predicted octanol–water partition coefficient (Wildman–Crippen LogP) is 3.55. The van der Waals surface area contributed by atoms with Crippen molar-refractivity contribution < 1.29 is 9.53 Å². The van der Waals surface area contributed by atoms with Crippen LogP contribution in [0.1, 0.15) is 27.0 Å². The van der Waals surface area contributed by atoms with Gasteiger partial charge in [0.2, 0.25) is 0 Å². The van der Waals surface area contributed by atoms with Gasteiger partial charge in [-0.2, -0.15) is 0 Å². The molecule has 102 valence electrons. The van der Waals surface area contributed by atoms with Crippen LogP contribution in [0.15, 0.2) is 53.0 Å². The topological polar surface area (TPSA) is 38.7 Å². The van der Waals surface area contributed by atoms with Gasteiger partial charge in [0.25, 0.3) is 0 Å². The van der Waals surface area contributed by atoms with Crippen molar-refractivity contribution in [3.05, 3.63) is 70.3 Å². The van der Waals surface area contributed by atoms with Crippen LogP contribution >= 0.6 is 0 Å². The first-order chi connectivity index (χ1) is 10.3. The Labute approximate surface area is 122 Å². The van der Waals surface area contributed by atoms with Crippen LogP contribution < -0.4 is 0 Å². The maximum atomic E-state index is 11.6. The number of ether oxygens (including phenoxy) is 1. The van der Waals surface area contributed by atoms with E-state index in [1.165, 1.54) is 23.8 Å². The Balaban J connectivity index is 1.82. The minimum Gasteiger partial charge on any atom is -0.465 e. The van der Waals surface area contributed by atoms with E-state index in [9.17, 15) is 4.79 Å². The molecule has 2 aromatic rings. The van der Waals surface area contributed by atoms with Gasteiger partial charge in [-0.25, -0.2) is 9.79 Å². The average Bonchev–Trinajstić information content (AvgIpc) is 2.89. The number of esters is 1. The SMILES string of the molecule is COC(=O)c1ccc2c(c1)CC1=Cc3ccccc3C1=N2. The lowest BCUT2D eigenvalue weighted by atomic mass is 9.95. The summed E-state index contributed by atoms with van der Waals surface area (Å²) in [4.78, 5) is 16.4. The lowest BCUT2D eigenvalue weighted by molar-refractivity contribution is 0.0600. The molecule has 2 aliphatic rings. The maximum Gasteiger partial charge on any atom is 0.337 e. The molecule has 0 N–H and O–H groups in total. The molecule has 1 heterocycles. The van der Waals surface area contributed by atoms with Crippen molar-refractivity contribution in [3.63, 3.8) is 0 Å². The second-order valence-electron chi connectivity index (χ2n) is 5.23. The highest BCUT2D eigenvalue weighted by molar-refractivity contribution is 6.22. The van der Waals surface area contributed by atoms with Gasteiger partial charge in [-0.3, -0.25) is 0 Å². The Morgan fingerprint density at radius 2 is 2.05 bits per heavy atom. The summed E-state index contributed by atoms with van der Waals surface area (Å²) in [6, 6.07) is 13.8. The van der Waals surface area contributed by atoms with Gasteiger partial charge in [0, 0.05) is 12.0 Å². The lowest BCUT2D eigenvalue weighted by Gasteiger charge is -2.16. The van der Waals surface area contributed by atoms with Gasteiger partial charge in [0.1, 0.15) is 0 Å². The van der Waals surface area contributed by atoms with Crippen molar-refractivity contribution in [2.75, 3.05) is 7.11 Å². The molecule has 0 aromatic heterocycles. The molecule has 1 aliphatic carbocycles. The number of allylic oxidation sites excluding steroid dienone is 1. The molecule has 0 saturated carbocycles. The van der Waals surface area contributed by atoms with Crippen molar-refractivity contribution in [1.82, 2.24) is 0 Å². The number of aliphatic imine (C=N–C) groups is 1. The first kappa shape index (κ1) is 12.1. The van der Waals surface area contributed by atoms with E-state index >= 15 is 0 Å². The zero-order valence-corrected chi connectivity index (χ0v) is 11.6. The molecule has 0 amide bonds. The van der Waals surface area contributed by atoms with Crippen LogP contribution in [-0.4, -0.2) is 18.8 Å². The van der Waals surface area contributed by atoms with Crippen molar-refractivity contribution in [1.29, 1.82) is 0 Å². The summed E-state index contributed by atoms with van der Waals surface area (Å²) in [5.41, 5.74) is 7.26. The number of nitrogens with zero attached hydrogens (tertiary/aromatic N) is 1. The molecule has 2 aromatic carbocycles. The van der Waals surface area contributed by atoms with E-state index in [0.717, 1.165) is 23.4 Å². The number of benzene rings is 2. The highest BCUT2D eigenvalue weighted by atomic mass is 16.5. The summed E-state index contributed by atoms with van der Waals surface area (Å²) in [6.45, 7) is 0. The molecule has 3 heteroatoms. The predicted molar refractivity (Wildman–Crippen MR) is 82.1 cm³/mol. The van der Waals surface area contributed by atoms with Crippen molar-refractivity contribution >= 4 is 23.4 Å². The molecule has 0 fully saturated rings. The van der Waals surface area contributed by atoms with E-state index in [-0.39, 0.29) is 5.97 Å². The molecule has 0 unspecified atom stereocenters. The third kappa shape index (κ3) is 1.82. The van der Waals surface area contributed by atoms with Gasteiger partial charge in [-0.1, -0.05) is 24.3 Å². The number of methoxy groups -OCH3 is 1. The average molecular weight is 275 g/mol. The van der Waals surface area contributed by atoms with Gasteiger partial charge >= 0.3 is 5.97 Å². The quantitative estimate of drug-likeness (QED) is 0.746. The highest BCUT2D eigenvalue weighted by Crippen LogP contribution is 2.36. The highest BCUT2D eigenvalue weighted by Gasteiger charge is 2.25. The van der Waals surface area contributed by atoms with E-state index in [1.54, 1.807) is 6.07 Å². The monoisotopic (exact) mass is 275 g/mol.